The molecule has 1 unspecified atom stereocenters. The number of ether oxygens (including phenoxy) is 1. The molecule has 1 fully saturated rings. The molecule has 2 aliphatic heterocycles. The maximum absolute atomic E-state index is 13.4. The summed E-state index contributed by atoms with van der Waals surface area (Å²) in [7, 11) is 3.44. The van der Waals surface area contributed by atoms with Crippen LogP contribution in [-0.2, 0) is 0 Å². The van der Waals surface area contributed by atoms with Crippen LogP contribution >= 0.6 is 11.6 Å². The fourth-order valence-corrected chi connectivity index (χ4v) is 5.37. The lowest BCUT2D eigenvalue weighted by Crippen LogP contribution is -2.47. The van der Waals surface area contributed by atoms with E-state index in [4.69, 9.17) is 32.0 Å². The number of amidine groups is 1. The van der Waals surface area contributed by atoms with Crippen LogP contribution in [0.25, 0.3) is 5.70 Å². The second kappa shape index (κ2) is 13.6. The monoisotopic (exact) mass is 603 g/mol. The number of allylic oxidation sites excluding steroid dienone is 2. The van der Waals surface area contributed by atoms with Crippen LogP contribution in [0.3, 0.4) is 0 Å². The first-order valence-electron chi connectivity index (χ1n) is 13.9. The van der Waals surface area contributed by atoms with E-state index in [1.165, 1.54) is 0 Å². The number of methoxy groups -OCH3 is 1. The fourth-order valence-electron chi connectivity index (χ4n) is 5.11. The van der Waals surface area contributed by atoms with Crippen molar-refractivity contribution in [2.75, 3.05) is 32.3 Å². The smallest absolute Gasteiger partial charge is 0.280 e. The van der Waals surface area contributed by atoms with Crippen LogP contribution in [0, 0.1) is 0 Å². The van der Waals surface area contributed by atoms with Gasteiger partial charge in [-0.3, -0.25) is 10.4 Å². The number of nitrogens with one attached hydrogen (secondary N) is 1. The van der Waals surface area contributed by atoms with E-state index in [2.05, 4.69) is 15.4 Å². The highest BCUT2D eigenvalue weighted by Gasteiger charge is 2.38. The number of pyridine rings is 1. The van der Waals surface area contributed by atoms with Crippen LogP contribution in [0.5, 0.6) is 5.88 Å². The summed E-state index contributed by atoms with van der Waals surface area (Å²) in [6, 6.07) is 9.36. The van der Waals surface area contributed by atoms with Gasteiger partial charge in [0.05, 0.1) is 12.8 Å². The number of halogens is 4. The normalized spacial score (nSPS) is 20.0. The van der Waals surface area contributed by atoms with Crippen LogP contribution < -0.4 is 20.8 Å². The molecule has 0 spiro atoms. The molecule has 1 saturated heterocycles. The minimum Gasteiger partial charge on any atom is -0.479 e. The van der Waals surface area contributed by atoms with Crippen molar-refractivity contribution in [1.29, 1.82) is 0 Å². The molecule has 12 heteroatoms. The van der Waals surface area contributed by atoms with Crippen molar-refractivity contribution in [3.05, 3.63) is 70.1 Å². The van der Waals surface area contributed by atoms with Crippen molar-refractivity contribution in [2.45, 2.75) is 57.5 Å². The second-order valence-electron chi connectivity index (χ2n) is 10.4. The molecule has 0 amide bonds. The number of fused-ring (bicyclic) bond motifs is 1. The number of benzene rings is 1. The van der Waals surface area contributed by atoms with Gasteiger partial charge < -0.3 is 15.4 Å². The highest BCUT2D eigenvalue weighted by atomic mass is 35.5. The van der Waals surface area contributed by atoms with Gasteiger partial charge in [-0.1, -0.05) is 30.7 Å². The highest BCUT2D eigenvalue weighted by Crippen LogP contribution is 2.39. The number of nitrogens with zero attached hydrogens (tertiary/aromatic N) is 5. The third-order valence-corrected chi connectivity index (χ3v) is 7.41. The predicted molar refractivity (Wildman–Crippen MR) is 163 cm³/mol. The lowest BCUT2D eigenvalue weighted by atomic mass is 9.87. The Hall–Kier alpha value is -3.57. The van der Waals surface area contributed by atoms with E-state index >= 15 is 0 Å². The maximum Gasteiger partial charge on any atom is 0.280 e. The minimum absolute atomic E-state index is 0.0381. The number of alkyl halides is 3. The lowest BCUT2D eigenvalue weighted by molar-refractivity contribution is -0.0139. The Morgan fingerprint density at radius 2 is 2.12 bits per heavy atom. The second-order valence-corrected chi connectivity index (χ2v) is 10.8. The Morgan fingerprint density at radius 3 is 2.81 bits per heavy atom. The average Bonchev–Trinajstić information content (AvgIpc) is 3.41. The average molecular weight is 604 g/mol. The molecular weight excluding hydrogens is 567 g/mol. The number of anilines is 1. The van der Waals surface area contributed by atoms with Crippen molar-refractivity contribution in [2.24, 2.45) is 15.7 Å². The zero-order valence-electron chi connectivity index (χ0n) is 24.2. The molecule has 0 radical (unpaired) electrons. The van der Waals surface area contributed by atoms with E-state index in [1.54, 1.807) is 26.3 Å². The molecule has 1 aromatic heterocycles. The molecule has 0 saturated carbocycles. The van der Waals surface area contributed by atoms with E-state index in [0.717, 1.165) is 42.4 Å². The minimum atomic E-state index is -3.43. The number of nitrogens with two attached hydrogens (primary N) is 1. The Labute approximate surface area is 249 Å². The van der Waals surface area contributed by atoms with E-state index < -0.39 is 19.0 Å². The van der Waals surface area contributed by atoms with Gasteiger partial charge in [0.2, 0.25) is 5.88 Å². The Balaban J connectivity index is 1.63. The third kappa shape index (κ3) is 7.25. The van der Waals surface area contributed by atoms with Gasteiger partial charge in [0, 0.05) is 54.6 Å². The number of hydrazine groups is 1. The number of piperidine rings is 1. The van der Waals surface area contributed by atoms with Crippen LogP contribution in [0.2, 0.25) is 5.02 Å². The molecule has 2 atom stereocenters. The van der Waals surface area contributed by atoms with Crippen LogP contribution in [0.15, 0.2) is 58.3 Å². The topological polar surface area (TPSA) is 91.4 Å². The number of hydrogen-bond donors (Lipinski definition) is 2. The van der Waals surface area contributed by atoms with Crippen molar-refractivity contribution in [3.63, 3.8) is 0 Å². The summed E-state index contributed by atoms with van der Waals surface area (Å²) in [5.41, 5.74) is 13.5. The van der Waals surface area contributed by atoms with E-state index in [0.29, 0.717) is 40.2 Å². The summed E-state index contributed by atoms with van der Waals surface area (Å²) < 4.78 is 45.0. The molecule has 0 bridgehead atoms. The molecule has 3 heterocycles. The summed E-state index contributed by atoms with van der Waals surface area (Å²) in [4.78, 5) is 15.8. The number of aliphatic imine (C=N–C) groups is 2. The molecule has 42 heavy (non-hydrogen) atoms. The van der Waals surface area contributed by atoms with Crippen molar-refractivity contribution >= 4 is 35.0 Å². The molecule has 2 aromatic rings. The molecule has 226 valence electrons. The number of rotatable bonds is 11. The fraction of sp³-hybridized carbons (Fsp3) is 0.433. The number of hydrogen-bond acceptors (Lipinski definition) is 8. The van der Waals surface area contributed by atoms with Gasteiger partial charge in [0.25, 0.3) is 5.92 Å². The molecule has 2 aliphatic rings. The largest absolute Gasteiger partial charge is 0.479 e. The Kier molecular flexibility index (Phi) is 10.2. The first-order valence-corrected chi connectivity index (χ1v) is 14.2. The van der Waals surface area contributed by atoms with Crippen LogP contribution in [0.1, 0.15) is 62.3 Å². The molecule has 3 N–H and O–H groups in total. The highest BCUT2D eigenvalue weighted by molar-refractivity contribution is 6.31. The molecule has 0 aliphatic carbocycles. The van der Waals surface area contributed by atoms with E-state index in [9.17, 15) is 13.2 Å². The first kappa shape index (κ1) is 31.4. The van der Waals surface area contributed by atoms with Crippen LogP contribution in [0.4, 0.5) is 18.9 Å². The zero-order chi connectivity index (χ0) is 30.4. The lowest BCUT2D eigenvalue weighted by Gasteiger charge is -2.35. The molecular formula is C30H37ClF3N7O. The summed E-state index contributed by atoms with van der Waals surface area (Å²) in [5.74, 6) is -2.40. The summed E-state index contributed by atoms with van der Waals surface area (Å²) in [6.07, 6.45) is 6.13. The van der Waals surface area contributed by atoms with Crippen molar-refractivity contribution < 1.29 is 17.9 Å². The third-order valence-electron chi connectivity index (χ3n) is 7.06. The Bertz CT molecular complexity index is 1390. The molecule has 4 rings (SSSR count). The molecule has 8 nitrogen and oxygen atoms in total. The van der Waals surface area contributed by atoms with Gasteiger partial charge in [-0.25, -0.2) is 23.1 Å². The van der Waals surface area contributed by atoms with E-state index in [-0.39, 0.29) is 12.1 Å². The van der Waals surface area contributed by atoms with Gasteiger partial charge in [0.15, 0.2) is 12.5 Å². The molecule has 1 aromatic carbocycles. The SMILES string of the molecule is CC/C=C(\N=CCC(F)(F)CF)c1ccc(Cl)c([C@H]2CCCN3NC(c4ccc(N(C)/C=C(/C)N)c(OC)n4)=NC23)c1. The van der Waals surface area contributed by atoms with Gasteiger partial charge >= 0.3 is 0 Å². The standard InChI is InChI=1S/C30H37ClF3N7O/c1-5-7-24(36-14-13-30(33,34)18-32)20-9-10-23(31)22(16-20)21-8-6-15-41-28(21)38-27(39-41)25-11-12-26(29(37-25)42-4)40(3)17-19(2)35/h7,9-12,14,16-17,21,28H,5-6,8,13,15,18,35H2,1-4H3,(H,38,39)/b19-17-,24-7-,36-14?/t21-,28?/m1/s1. The predicted octanol–water partition coefficient (Wildman–Crippen LogP) is 6.29. The van der Waals surface area contributed by atoms with Crippen molar-refractivity contribution in [1.82, 2.24) is 15.4 Å². The number of aromatic nitrogens is 1. The van der Waals surface area contributed by atoms with E-state index in [1.807, 2.05) is 49.2 Å². The zero-order valence-corrected chi connectivity index (χ0v) is 25.0. The van der Waals surface area contributed by atoms with Crippen molar-refractivity contribution in [3.8, 4) is 5.88 Å². The summed E-state index contributed by atoms with van der Waals surface area (Å²) >= 11 is 6.73. The maximum atomic E-state index is 13.4. The van der Waals surface area contributed by atoms with Gasteiger partial charge in [-0.2, -0.15) is 5.01 Å². The summed E-state index contributed by atoms with van der Waals surface area (Å²) in [5, 5.41) is 2.68. The quantitative estimate of drug-likeness (QED) is 0.294. The Morgan fingerprint density at radius 1 is 1.33 bits per heavy atom. The first-order chi connectivity index (χ1) is 20.1. The van der Waals surface area contributed by atoms with Crippen LogP contribution in [-0.4, -0.2) is 61.5 Å². The van der Waals surface area contributed by atoms with Gasteiger partial charge in [0.1, 0.15) is 17.5 Å². The van der Waals surface area contributed by atoms with Gasteiger partial charge in [-0.15, -0.1) is 0 Å². The summed E-state index contributed by atoms with van der Waals surface area (Å²) in [6.45, 7) is 2.81. The van der Waals surface area contributed by atoms with Gasteiger partial charge in [-0.05, 0) is 56.0 Å².